The summed E-state index contributed by atoms with van der Waals surface area (Å²) in [6.07, 6.45) is -3.44. The van der Waals surface area contributed by atoms with Crippen molar-refractivity contribution in [1.29, 1.82) is 0 Å². The molecular weight excluding hydrogens is 512 g/mol. The van der Waals surface area contributed by atoms with Crippen molar-refractivity contribution in [3.05, 3.63) is 41.5 Å². The van der Waals surface area contributed by atoms with Crippen LogP contribution in [0.3, 0.4) is 0 Å². The quantitative estimate of drug-likeness (QED) is 0.445. The second kappa shape index (κ2) is 10.1. The van der Waals surface area contributed by atoms with E-state index in [0.29, 0.717) is 56.2 Å². The number of hydrogen-bond donors (Lipinski definition) is 1. The Morgan fingerprint density at radius 1 is 0.872 bits per heavy atom. The Bertz CT molecular complexity index is 1440. The molecule has 1 saturated heterocycles. The van der Waals surface area contributed by atoms with Crippen molar-refractivity contribution in [3.8, 4) is 39.9 Å². The zero-order valence-corrected chi connectivity index (χ0v) is 21.8. The molecule has 0 spiro atoms. The summed E-state index contributed by atoms with van der Waals surface area (Å²) in [6, 6.07) is 9.02. The van der Waals surface area contributed by atoms with Gasteiger partial charge in [-0.1, -0.05) is 6.07 Å². The number of aliphatic hydroxyl groups excluding tert-OH is 1. The fourth-order valence-corrected chi connectivity index (χ4v) is 5.37. The van der Waals surface area contributed by atoms with Gasteiger partial charge in [0.1, 0.15) is 30.7 Å². The first-order chi connectivity index (χ1) is 19.0. The second-order valence-corrected chi connectivity index (χ2v) is 9.24. The van der Waals surface area contributed by atoms with E-state index in [9.17, 15) is 9.90 Å². The number of esters is 1. The molecule has 3 aliphatic heterocycles. The Kier molecular flexibility index (Phi) is 6.59. The van der Waals surface area contributed by atoms with Crippen LogP contribution in [0.4, 0.5) is 0 Å². The first-order valence-corrected chi connectivity index (χ1v) is 12.3. The number of aliphatic hydroxyl groups is 1. The van der Waals surface area contributed by atoms with Crippen LogP contribution in [0.1, 0.15) is 15.9 Å². The molecule has 0 amide bonds. The normalized spacial score (nSPS) is 23.5. The van der Waals surface area contributed by atoms with Gasteiger partial charge in [0, 0.05) is 30.7 Å². The van der Waals surface area contributed by atoms with Gasteiger partial charge in [-0.2, -0.15) is 0 Å². The van der Waals surface area contributed by atoms with Crippen molar-refractivity contribution < 1.29 is 52.5 Å². The lowest BCUT2D eigenvalue weighted by Crippen LogP contribution is -2.56. The molecule has 39 heavy (non-hydrogen) atoms. The third-order valence-corrected chi connectivity index (χ3v) is 7.29. The van der Waals surface area contributed by atoms with E-state index >= 15 is 0 Å². The maximum absolute atomic E-state index is 13.2. The molecule has 6 rings (SSSR count). The predicted molar refractivity (Wildman–Crippen MR) is 136 cm³/mol. The van der Waals surface area contributed by atoms with E-state index in [1.807, 2.05) is 12.1 Å². The molecule has 3 aromatic carbocycles. The van der Waals surface area contributed by atoms with E-state index in [4.69, 9.17) is 42.6 Å². The van der Waals surface area contributed by atoms with Gasteiger partial charge < -0.3 is 47.7 Å². The molecule has 0 aromatic heterocycles. The zero-order valence-electron chi connectivity index (χ0n) is 21.8. The lowest BCUT2D eigenvalue weighted by atomic mass is 9.89. The third-order valence-electron chi connectivity index (χ3n) is 7.29. The molecule has 1 N–H and O–H groups in total. The highest BCUT2D eigenvalue weighted by Crippen LogP contribution is 2.49. The van der Waals surface area contributed by atoms with E-state index in [2.05, 4.69) is 0 Å². The first kappa shape index (κ1) is 25.5. The highest BCUT2D eigenvalue weighted by Gasteiger charge is 2.43. The minimum Gasteiger partial charge on any atom is -0.493 e. The number of fused-ring (bicyclic) bond motifs is 3. The number of ether oxygens (including phenoxy) is 9. The molecular formula is C28H28O11. The van der Waals surface area contributed by atoms with Gasteiger partial charge in [-0.25, -0.2) is 4.79 Å². The van der Waals surface area contributed by atoms with Crippen LogP contribution in [-0.2, 0) is 25.6 Å². The summed E-state index contributed by atoms with van der Waals surface area (Å²) in [5.41, 5.74) is 2.20. The number of rotatable bonds is 7. The Labute approximate surface area is 224 Å². The molecule has 0 aliphatic carbocycles. The van der Waals surface area contributed by atoms with Crippen LogP contribution < -0.4 is 23.7 Å². The van der Waals surface area contributed by atoms with Gasteiger partial charge in [-0.3, -0.25) is 0 Å². The summed E-state index contributed by atoms with van der Waals surface area (Å²) in [7, 11) is 6.07. The molecule has 0 radical (unpaired) electrons. The third kappa shape index (κ3) is 4.09. The molecule has 1 unspecified atom stereocenters. The number of benzene rings is 3. The van der Waals surface area contributed by atoms with Gasteiger partial charge >= 0.3 is 5.97 Å². The molecule has 3 aromatic rings. The summed E-state index contributed by atoms with van der Waals surface area (Å²) in [5, 5.41) is 12.3. The van der Waals surface area contributed by atoms with Crippen molar-refractivity contribution in [3.63, 3.8) is 0 Å². The van der Waals surface area contributed by atoms with Crippen molar-refractivity contribution in [2.45, 2.75) is 31.2 Å². The predicted octanol–water partition coefficient (Wildman–Crippen LogP) is 3.05. The van der Waals surface area contributed by atoms with E-state index in [-0.39, 0.29) is 20.0 Å². The number of cyclic esters (lactones) is 1. The molecule has 0 bridgehead atoms. The largest absolute Gasteiger partial charge is 0.493 e. The Morgan fingerprint density at radius 3 is 2.33 bits per heavy atom. The fourth-order valence-electron chi connectivity index (χ4n) is 5.37. The average Bonchev–Trinajstić information content (AvgIpc) is 3.59. The smallest absolute Gasteiger partial charge is 0.339 e. The van der Waals surface area contributed by atoms with E-state index in [0.717, 1.165) is 5.56 Å². The van der Waals surface area contributed by atoms with Crippen LogP contribution in [0.15, 0.2) is 30.3 Å². The van der Waals surface area contributed by atoms with Crippen molar-refractivity contribution in [2.24, 2.45) is 0 Å². The van der Waals surface area contributed by atoms with Crippen LogP contribution in [0, 0.1) is 0 Å². The summed E-state index contributed by atoms with van der Waals surface area (Å²) >= 11 is 0. The minimum absolute atomic E-state index is 0.0252. The van der Waals surface area contributed by atoms with Crippen LogP contribution >= 0.6 is 0 Å². The molecule has 3 aliphatic rings. The number of carbonyl (C=O) groups excluding carboxylic acids is 1. The Balaban J connectivity index is 1.57. The van der Waals surface area contributed by atoms with E-state index < -0.39 is 30.6 Å². The molecule has 206 valence electrons. The van der Waals surface area contributed by atoms with E-state index in [1.165, 1.54) is 28.4 Å². The fraction of sp³-hybridized carbons (Fsp3) is 0.393. The van der Waals surface area contributed by atoms with Gasteiger partial charge in [-0.15, -0.1) is 0 Å². The van der Waals surface area contributed by atoms with Crippen LogP contribution in [0.2, 0.25) is 0 Å². The number of carbonyl (C=O) groups is 1. The maximum atomic E-state index is 13.2. The van der Waals surface area contributed by atoms with Crippen molar-refractivity contribution >= 4 is 16.7 Å². The van der Waals surface area contributed by atoms with E-state index in [1.54, 1.807) is 18.2 Å². The van der Waals surface area contributed by atoms with Gasteiger partial charge in [-0.05, 0) is 35.2 Å². The Hall–Kier alpha value is -3.77. The van der Waals surface area contributed by atoms with Gasteiger partial charge in [0.15, 0.2) is 23.0 Å². The maximum Gasteiger partial charge on any atom is 0.339 e. The standard InChI is InChI=1S/C28H28O11/c1-31-18-8-14-15(9-19(18)32-2)25(39-28-24(29)26(34-4)21(33-3)11-36-28)16-10-35-27(30)23(16)22(14)13-5-6-17-20(7-13)38-12-37-17/h5-9,21,24,26,28-29H,10-12H2,1-4H3/t21-,24-,26+,28?/m1/s1. The molecule has 11 nitrogen and oxygen atoms in total. The van der Waals surface area contributed by atoms with Gasteiger partial charge in [0.25, 0.3) is 0 Å². The second-order valence-electron chi connectivity index (χ2n) is 9.24. The van der Waals surface area contributed by atoms with Crippen molar-refractivity contribution in [1.82, 2.24) is 0 Å². The van der Waals surface area contributed by atoms with Gasteiger partial charge in [0.05, 0.1) is 26.4 Å². The first-order valence-electron chi connectivity index (χ1n) is 12.3. The summed E-state index contributed by atoms with van der Waals surface area (Å²) in [5.74, 6) is 1.92. The number of hydrogen-bond acceptors (Lipinski definition) is 11. The lowest BCUT2D eigenvalue weighted by Gasteiger charge is -2.38. The van der Waals surface area contributed by atoms with Crippen molar-refractivity contribution in [2.75, 3.05) is 41.8 Å². The van der Waals surface area contributed by atoms with Crippen LogP contribution in [0.25, 0.3) is 21.9 Å². The topological polar surface area (TPSA) is 120 Å². The molecule has 3 heterocycles. The highest BCUT2D eigenvalue weighted by atomic mass is 16.7. The molecule has 1 fully saturated rings. The SMILES string of the molecule is COc1cc2c(OC3OC[C@@H](OC)[C@H](OC)[C@H]3O)c3c(c(-c4ccc5c(c4)OCO5)c2cc1OC)C(=O)OC3. The zero-order chi connectivity index (χ0) is 27.3. The summed E-state index contributed by atoms with van der Waals surface area (Å²) < 4.78 is 50.8. The van der Waals surface area contributed by atoms with Crippen LogP contribution in [0.5, 0.6) is 28.7 Å². The Morgan fingerprint density at radius 2 is 1.62 bits per heavy atom. The minimum atomic E-state index is -1.17. The lowest BCUT2D eigenvalue weighted by molar-refractivity contribution is -0.252. The molecule has 0 saturated carbocycles. The summed E-state index contributed by atoms with van der Waals surface area (Å²) in [6.45, 7) is 0.231. The number of methoxy groups -OCH3 is 4. The van der Waals surface area contributed by atoms with Gasteiger partial charge in [0.2, 0.25) is 13.1 Å². The molecule has 4 atom stereocenters. The monoisotopic (exact) mass is 540 g/mol. The average molecular weight is 541 g/mol. The summed E-state index contributed by atoms with van der Waals surface area (Å²) in [4.78, 5) is 13.2. The molecule has 11 heteroatoms. The highest BCUT2D eigenvalue weighted by molar-refractivity contribution is 6.14. The van der Waals surface area contributed by atoms with Crippen LogP contribution in [-0.4, -0.2) is 77.5 Å².